The lowest BCUT2D eigenvalue weighted by molar-refractivity contribution is -0.116. The maximum Gasteiger partial charge on any atom is 0.223 e. The van der Waals surface area contributed by atoms with E-state index in [4.69, 9.17) is 0 Å². The third-order valence-electron chi connectivity index (χ3n) is 5.51. The van der Waals surface area contributed by atoms with Gasteiger partial charge in [0.2, 0.25) is 15.7 Å². The normalized spacial score (nSPS) is 15.6. The van der Waals surface area contributed by atoms with Crippen LogP contribution in [0.25, 0.3) is 0 Å². The summed E-state index contributed by atoms with van der Waals surface area (Å²) in [4.78, 5) is 17.6. The molecule has 0 aliphatic carbocycles. The molecule has 0 spiro atoms. The van der Waals surface area contributed by atoms with Crippen molar-refractivity contribution >= 4 is 27.1 Å². The number of carbonyl (C=O) groups is 1. The Kier molecular flexibility index (Phi) is 6.96. The summed E-state index contributed by atoms with van der Waals surface area (Å²) >= 11 is 0. The molecular formula is C22H27F2N3O3S. The zero-order chi connectivity index (χ0) is 22.8. The number of carbonyl (C=O) groups excluding carboxylic acids is 1. The number of hydrogen-bond acceptors (Lipinski definition) is 5. The highest BCUT2D eigenvalue weighted by atomic mass is 32.2. The fourth-order valence-corrected chi connectivity index (χ4v) is 5.23. The van der Waals surface area contributed by atoms with Gasteiger partial charge in [-0.1, -0.05) is 0 Å². The first-order valence-electron chi connectivity index (χ1n) is 10.2. The molecule has 0 atom stereocenters. The van der Waals surface area contributed by atoms with Crippen LogP contribution in [0.5, 0.6) is 0 Å². The number of benzene rings is 2. The van der Waals surface area contributed by atoms with Crippen LogP contribution in [0.4, 0.5) is 20.2 Å². The molecule has 1 heterocycles. The van der Waals surface area contributed by atoms with E-state index in [0.717, 1.165) is 50.4 Å². The first-order chi connectivity index (χ1) is 14.6. The maximum absolute atomic E-state index is 13.7. The summed E-state index contributed by atoms with van der Waals surface area (Å²) in [7, 11) is -2.13. The predicted molar refractivity (Wildman–Crippen MR) is 116 cm³/mol. The van der Waals surface area contributed by atoms with Crippen LogP contribution in [0, 0.1) is 11.6 Å². The number of sulfone groups is 1. The van der Waals surface area contributed by atoms with E-state index in [2.05, 4.69) is 16.8 Å². The van der Waals surface area contributed by atoms with Gasteiger partial charge in [-0.25, -0.2) is 17.2 Å². The Labute approximate surface area is 182 Å². The molecule has 9 heteroatoms. The van der Waals surface area contributed by atoms with Gasteiger partial charge in [-0.15, -0.1) is 0 Å². The monoisotopic (exact) mass is 451 g/mol. The number of anilines is 2. The lowest BCUT2D eigenvalue weighted by atomic mass is 10.2. The molecule has 1 aliphatic rings. The van der Waals surface area contributed by atoms with Crippen molar-refractivity contribution in [1.29, 1.82) is 0 Å². The van der Waals surface area contributed by atoms with Gasteiger partial charge in [0, 0.05) is 38.8 Å². The van der Waals surface area contributed by atoms with E-state index in [-0.39, 0.29) is 27.9 Å². The third-order valence-corrected chi connectivity index (χ3v) is 7.30. The minimum atomic E-state index is -4.19. The molecule has 3 rings (SSSR count). The highest BCUT2D eigenvalue weighted by Crippen LogP contribution is 2.35. The van der Waals surface area contributed by atoms with E-state index in [9.17, 15) is 22.0 Å². The SMILES string of the molecule is CCN(C(C)=O)c1cc(N2CCCN(C)CC2)ccc1S(=O)(=O)c1ccc(F)c(F)c1. The molecule has 0 bridgehead atoms. The molecule has 2 aromatic carbocycles. The number of nitrogens with zero attached hydrogens (tertiary/aromatic N) is 3. The molecule has 6 nitrogen and oxygen atoms in total. The van der Waals surface area contributed by atoms with Crippen molar-refractivity contribution in [1.82, 2.24) is 4.90 Å². The molecule has 1 amide bonds. The van der Waals surface area contributed by atoms with Crippen LogP contribution in [0.1, 0.15) is 20.3 Å². The summed E-state index contributed by atoms with van der Waals surface area (Å²) in [6, 6.07) is 7.32. The topological polar surface area (TPSA) is 60.9 Å². The summed E-state index contributed by atoms with van der Waals surface area (Å²) in [5.74, 6) is -2.68. The lowest BCUT2D eigenvalue weighted by Crippen LogP contribution is -2.31. The van der Waals surface area contributed by atoms with E-state index in [1.807, 2.05) is 0 Å². The van der Waals surface area contributed by atoms with Crippen molar-refractivity contribution < 1.29 is 22.0 Å². The van der Waals surface area contributed by atoms with Crippen LogP contribution in [-0.2, 0) is 14.6 Å². The molecular weight excluding hydrogens is 424 g/mol. The summed E-state index contributed by atoms with van der Waals surface area (Å²) in [5.41, 5.74) is 1.05. The molecule has 0 aromatic heterocycles. The summed E-state index contributed by atoms with van der Waals surface area (Å²) in [6.07, 6.45) is 0.963. The number of halogens is 2. The van der Waals surface area contributed by atoms with Crippen molar-refractivity contribution in [2.75, 3.05) is 49.6 Å². The Balaban J connectivity index is 2.12. The van der Waals surface area contributed by atoms with E-state index in [0.29, 0.717) is 6.07 Å². The Morgan fingerprint density at radius 1 is 1.03 bits per heavy atom. The second-order valence-electron chi connectivity index (χ2n) is 7.64. The highest BCUT2D eigenvalue weighted by Gasteiger charge is 2.27. The Bertz CT molecular complexity index is 1080. The molecule has 2 aromatic rings. The Morgan fingerprint density at radius 2 is 1.77 bits per heavy atom. The fourth-order valence-electron chi connectivity index (χ4n) is 3.78. The van der Waals surface area contributed by atoms with Crippen molar-refractivity contribution in [2.45, 2.75) is 30.1 Å². The molecule has 0 radical (unpaired) electrons. The van der Waals surface area contributed by atoms with Crippen LogP contribution in [0.3, 0.4) is 0 Å². The highest BCUT2D eigenvalue weighted by molar-refractivity contribution is 7.91. The fraction of sp³-hybridized carbons (Fsp3) is 0.409. The minimum absolute atomic E-state index is 0.119. The molecule has 0 N–H and O–H groups in total. The Hall–Kier alpha value is -2.52. The molecule has 0 saturated carbocycles. The number of likely N-dealkylation sites (N-methyl/N-ethyl adjacent to an activating group) is 1. The van der Waals surface area contributed by atoms with Gasteiger partial charge in [-0.2, -0.15) is 0 Å². The zero-order valence-electron chi connectivity index (χ0n) is 17.9. The average Bonchev–Trinajstić information content (AvgIpc) is 2.94. The first kappa shape index (κ1) is 23.1. The van der Waals surface area contributed by atoms with Crippen molar-refractivity contribution in [3.63, 3.8) is 0 Å². The third kappa shape index (κ3) is 4.88. The summed E-state index contributed by atoms with van der Waals surface area (Å²) < 4.78 is 53.7. The second-order valence-corrected chi connectivity index (χ2v) is 9.56. The number of hydrogen-bond donors (Lipinski definition) is 0. The van der Waals surface area contributed by atoms with Crippen LogP contribution in [0.15, 0.2) is 46.2 Å². The maximum atomic E-state index is 13.7. The van der Waals surface area contributed by atoms with Crippen molar-refractivity contribution in [3.8, 4) is 0 Å². The van der Waals surface area contributed by atoms with Gasteiger partial charge in [0.15, 0.2) is 11.6 Å². The summed E-state index contributed by atoms with van der Waals surface area (Å²) in [6.45, 7) is 6.81. The van der Waals surface area contributed by atoms with Gasteiger partial charge < -0.3 is 14.7 Å². The number of amides is 1. The molecule has 1 saturated heterocycles. The average molecular weight is 452 g/mol. The quantitative estimate of drug-likeness (QED) is 0.653. The van der Waals surface area contributed by atoms with Gasteiger partial charge in [0.25, 0.3) is 0 Å². The van der Waals surface area contributed by atoms with Crippen molar-refractivity contribution in [2.24, 2.45) is 0 Å². The van der Waals surface area contributed by atoms with Crippen molar-refractivity contribution in [3.05, 3.63) is 48.0 Å². The number of rotatable bonds is 5. The molecule has 1 fully saturated rings. The van der Waals surface area contributed by atoms with Gasteiger partial charge in [-0.3, -0.25) is 4.79 Å². The Morgan fingerprint density at radius 3 is 2.42 bits per heavy atom. The molecule has 1 aliphatic heterocycles. The van der Waals surface area contributed by atoms with Gasteiger partial charge in [0.05, 0.1) is 15.5 Å². The molecule has 31 heavy (non-hydrogen) atoms. The van der Waals surface area contributed by atoms with Gasteiger partial charge >= 0.3 is 0 Å². The van der Waals surface area contributed by atoms with Gasteiger partial charge in [0.1, 0.15) is 0 Å². The smallest absolute Gasteiger partial charge is 0.223 e. The molecule has 168 valence electrons. The van der Waals surface area contributed by atoms with Crippen LogP contribution < -0.4 is 9.80 Å². The van der Waals surface area contributed by atoms with Gasteiger partial charge in [-0.05, 0) is 63.3 Å². The minimum Gasteiger partial charge on any atom is -0.370 e. The predicted octanol–water partition coefficient (Wildman–Crippen LogP) is 3.31. The first-order valence-corrected chi connectivity index (χ1v) is 11.7. The lowest BCUT2D eigenvalue weighted by Gasteiger charge is -2.27. The van der Waals surface area contributed by atoms with E-state index < -0.39 is 21.5 Å². The zero-order valence-corrected chi connectivity index (χ0v) is 18.8. The van der Waals surface area contributed by atoms with Crippen LogP contribution in [-0.4, -0.2) is 59.0 Å². The van der Waals surface area contributed by atoms with Crippen LogP contribution in [0.2, 0.25) is 0 Å². The molecule has 0 unspecified atom stereocenters. The summed E-state index contributed by atoms with van der Waals surface area (Å²) in [5, 5.41) is 0. The van der Waals surface area contributed by atoms with Crippen LogP contribution >= 0.6 is 0 Å². The van der Waals surface area contributed by atoms with E-state index in [1.54, 1.807) is 19.1 Å². The standard InChI is InChI=1S/C22H27F2N3O3S/c1-4-27(16(2)28)21-14-17(26-11-5-10-25(3)12-13-26)6-9-22(21)31(29,30)18-7-8-19(23)20(24)15-18/h6-9,14-15H,4-5,10-13H2,1-3H3. The second kappa shape index (κ2) is 9.32. The largest absolute Gasteiger partial charge is 0.370 e. The van der Waals surface area contributed by atoms with E-state index in [1.165, 1.54) is 17.9 Å². The van der Waals surface area contributed by atoms with E-state index >= 15 is 0 Å².